The molecular weight excluding hydrogens is 236 g/mol. The van der Waals surface area contributed by atoms with Crippen molar-refractivity contribution in [2.45, 2.75) is 31.9 Å². The molecule has 0 bridgehead atoms. The molecule has 0 amide bonds. The van der Waals surface area contributed by atoms with Gasteiger partial charge >= 0.3 is 0 Å². The molecule has 1 atom stereocenters. The zero-order valence-corrected chi connectivity index (χ0v) is 9.91. The van der Waals surface area contributed by atoms with E-state index in [0.717, 1.165) is 6.07 Å². The fourth-order valence-corrected chi connectivity index (χ4v) is 1.90. The van der Waals surface area contributed by atoms with Crippen LogP contribution in [0.4, 0.5) is 8.78 Å². The fraction of sp³-hybridized carbons (Fsp3) is 0.455. The summed E-state index contributed by atoms with van der Waals surface area (Å²) in [6, 6.07) is 2.25. The van der Waals surface area contributed by atoms with Gasteiger partial charge in [-0.1, -0.05) is 6.07 Å². The van der Waals surface area contributed by atoms with Crippen LogP contribution in [0.15, 0.2) is 12.1 Å². The topological polar surface area (TPSA) is 35.2 Å². The molecule has 1 unspecified atom stereocenters. The zero-order valence-electron chi connectivity index (χ0n) is 9.09. The third-order valence-corrected chi connectivity index (χ3v) is 2.57. The Morgan fingerprint density at radius 3 is 2.62 bits per heavy atom. The molecule has 16 heavy (non-hydrogen) atoms. The lowest BCUT2D eigenvalue weighted by Crippen LogP contribution is -2.38. The third-order valence-electron chi connectivity index (χ3n) is 2.57. The SMILES string of the molecule is CC1(C)CC(N)c2ccc(F)c(F)c2O1.Cl. The van der Waals surface area contributed by atoms with Crippen LogP contribution in [0.3, 0.4) is 0 Å². The molecule has 0 saturated carbocycles. The van der Waals surface area contributed by atoms with E-state index in [2.05, 4.69) is 0 Å². The van der Waals surface area contributed by atoms with Crippen LogP contribution in [0.1, 0.15) is 31.9 Å². The van der Waals surface area contributed by atoms with Gasteiger partial charge in [0.25, 0.3) is 0 Å². The molecule has 1 heterocycles. The van der Waals surface area contributed by atoms with Crippen molar-refractivity contribution in [1.82, 2.24) is 0 Å². The first kappa shape index (κ1) is 13.2. The maximum absolute atomic E-state index is 13.4. The average Bonchev–Trinajstić information content (AvgIpc) is 2.10. The molecule has 5 heteroatoms. The van der Waals surface area contributed by atoms with Gasteiger partial charge < -0.3 is 10.5 Å². The van der Waals surface area contributed by atoms with E-state index < -0.39 is 17.2 Å². The molecule has 0 radical (unpaired) electrons. The van der Waals surface area contributed by atoms with Crippen molar-refractivity contribution in [2.75, 3.05) is 0 Å². The maximum atomic E-state index is 13.4. The number of halogens is 3. The molecule has 2 rings (SSSR count). The molecule has 1 aliphatic rings. The minimum Gasteiger partial charge on any atom is -0.484 e. The largest absolute Gasteiger partial charge is 0.484 e. The van der Waals surface area contributed by atoms with Crippen molar-refractivity contribution >= 4 is 12.4 Å². The normalized spacial score (nSPS) is 21.7. The van der Waals surface area contributed by atoms with E-state index in [-0.39, 0.29) is 24.2 Å². The Morgan fingerprint density at radius 2 is 2.00 bits per heavy atom. The predicted octanol–water partition coefficient (Wildman–Crippen LogP) is 2.95. The fourth-order valence-electron chi connectivity index (χ4n) is 1.90. The Bertz CT molecular complexity index is 409. The van der Waals surface area contributed by atoms with Gasteiger partial charge in [0.15, 0.2) is 11.6 Å². The third kappa shape index (κ3) is 2.13. The molecule has 1 aliphatic heterocycles. The highest BCUT2D eigenvalue weighted by Gasteiger charge is 2.34. The molecule has 1 aromatic carbocycles. The van der Waals surface area contributed by atoms with Crippen molar-refractivity contribution in [3.05, 3.63) is 29.3 Å². The second-order valence-corrected chi connectivity index (χ2v) is 4.45. The van der Waals surface area contributed by atoms with E-state index in [4.69, 9.17) is 10.5 Å². The second kappa shape index (κ2) is 4.18. The van der Waals surface area contributed by atoms with Crippen molar-refractivity contribution in [3.8, 4) is 5.75 Å². The molecule has 0 saturated heterocycles. The lowest BCUT2D eigenvalue weighted by Gasteiger charge is -2.36. The number of rotatable bonds is 0. The van der Waals surface area contributed by atoms with Crippen LogP contribution in [0.5, 0.6) is 5.75 Å². The lowest BCUT2D eigenvalue weighted by atomic mass is 9.90. The number of ether oxygens (including phenoxy) is 1. The summed E-state index contributed by atoms with van der Waals surface area (Å²) in [5.74, 6) is -1.90. The number of fused-ring (bicyclic) bond motifs is 1. The summed E-state index contributed by atoms with van der Waals surface area (Å²) in [5.41, 5.74) is 5.85. The van der Waals surface area contributed by atoms with Gasteiger partial charge in [0.05, 0.1) is 0 Å². The summed E-state index contributed by atoms with van der Waals surface area (Å²) < 4.78 is 31.8. The van der Waals surface area contributed by atoms with Crippen LogP contribution < -0.4 is 10.5 Å². The molecule has 90 valence electrons. The highest BCUT2D eigenvalue weighted by atomic mass is 35.5. The Morgan fingerprint density at radius 1 is 1.38 bits per heavy atom. The van der Waals surface area contributed by atoms with E-state index in [1.54, 1.807) is 13.8 Å². The molecule has 2 nitrogen and oxygen atoms in total. The highest BCUT2D eigenvalue weighted by molar-refractivity contribution is 5.85. The van der Waals surface area contributed by atoms with Gasteiger partial charge in [0.2, 0.25) is 5.82 Å². The van der Waals surface area contributed by atoms with Crippen molar-refractivity contribution < 1.29 is 13.5 Å². The van der Waals surface area contributed by atoms with Crippen LogP contribution in [0.25, 0.3) is 0 Å². The minimum absolute atomic E-state index is 0. The smallest absolute Gasteiger partial charge is 0.200 e. The average molecular weight is 250 g/mol. The van der Waals surface area contributed by atoms with E-state index in [0.29, 0.717) is 12.0 Å². The van der Waals surface area contributed by atoms with Gasteiger partial charge in [-0.2, -0.15) is 4.39 Å². The molecule has 0 fully saturated rings. The maximum Gasteiger partial charge on any atom is 0.200 e. The molecule has 2 N–H and O–H groups in total. The first-order valence-electron chi connectivity index (χ1n) is 4.83. The number of hydrogen-bond acceptors (Lipinski definition) is 2. The van der Waals surface area contributed by atoms with E-state index in [1.165, 1.54) is 6.07 Å². The molecule has 1 aromatic rings. The van der Waals surface area contributed by atoms with E-state index in [1.807, 2.05) is 0 Å². The van der Waals surface area contributed by atoms with Crippen LogP contribution >= 0.6 is 12.4 Å². The quantitative estimate of drug-likeness (QED) is 0.767. The Hall–Kier alpha value is -0.870. The first-order valence-corrected chi connectivity index (χ1v) is 4.83. The summed E-state index contributed by atoms with van der Waals surface area (Å²) in [6.45, 7) is 3.61. The minimum atomic E-state index is -0.948. The Balaban J connectivity index is 0.00000128. The van der Waals surface area contributed by atoms with Gasteiger partial charge in [-0.3, -0.25) is 0 Å². The summed E-state index contributed by atoms with van der Waals surface area (Å²) >= 11 is 0. The summed E-state index contributed by atoms with van der Waals surface area (Å²) in [6.07, 6.45) is 0.588. The molecule has 0 aromatic heterocycles. The monoisotopic (exact) mass is 249 g/mol. The standard InChI is InChI=1S/C11H13F2NO.ClH/c1-11(2)5-8(14)6-3-4-7(12)9(13)10(6)15-11;/h3-4,8H,5,14H2,1-2H3;1H. The van der Waals surface area contributed by atoms with Crippen LogP contribution in [-0.2, 0) is 0 Å². The first-order chi connectivity index (χ1) is 6.91. The van der Waals surface area contributed by atoms with E-state index >= 15 is 0 Å². The Labute approximate surface area is 99.2 Å². The summed E-state index contributed by atoms with van der Waals surface area (Å²) in [4.78, 5) is 0. The van der Waals surface area contributed by atoms with Crippen molar-refractivity contribution in [1.29, 1.82) is 0 Å². The van der Waals surface area contributed by atoms with Gasteiger partial charge in [0.1, 0.15) is 5.60 Å². The number of nitrogens with two attached hydrogens (primary N) is 1. The lowest BCUT2D eigenvalue weighted by molar-refractivity contribution is 0.0663. The van der Waals surface area contributed by atoms with Crippen LogP contribution in [0, 0.1) is 11.6 Å². The van der Waals surface area contributed by atoms with Gasteiger partial charge in [-0.25, -0.2) is 4.39 Å². The van der Waals surface area contributed by atoms with Crippen LogP contribution in [0.2, 0.25) is 0 Å². The van der Waals surface area contributed by atoms with Gasteiger partial charge in [-0.05, 0) is 19.9 Å². The Kier molecular flexibility index (Phi) is 3.45. The van der Waals surface area contributed by atoms with Gasteiger partial charge in [0, 0.05) is 18.0 Å². The molecule has 0 aliphatic carbocycles. The van der Waals surface area contributed by atoms with E-state index in [9.17, 15) is 8.78 Å². The van der Waals surface area contributed by atoms with Crippen LogP contribution in [-0.4, -0.2) is 5.60 Å². The number of benzene rings is 1. The summed E-state index contributed by atoms with van der Waals surface area (Å²) in [5, 5.41) is 0. The van der Waals surface area contributed by atoms with Gasteiger partial charge in [-0.15, -0.1) is 12.4 Å². The van der Waals surface area contributed by atoms with Crippen molar-refractivity contribution in [2.24, 2.45) is 5.73 Å². The van der Waals surface area contributed by atoms with Crippen molar-refractivity contribution in [3.63, 3.8) is 0 Å². The molecular formula is C11H14ClF2NO. The number of hydrogen-bond donors (Lipinski definition) is 1. The predicted molar refractivity (Wildman–Crippen MR) is 59.9 cm³/mol. The highest BCUT2D eigenvalue weighted by Crippen LogP contribution is 2.40. The zero-order chi connectivity index (χ0) is 11.2. The molecule has 0 spiro atoms. The second-order valence-electron chi connectivity index (χ2n) is 4.45. The summed E-state index contributed by atoms with van der Waals surface area (Å²) in [7, 11) is 0.